The fraction of sp³-hybridized carbons (Fsp3) is 0.368. The van der Waals surface area contributed by atoms with Crippen molar-refractivity contribution in [3.8, 4) is 0 Å². The highest BCUT2D eigenvalue weighted by Crippen LogP contribution is 2.20. The van der Waals surface area contributed by atoms with Crippen LogP contribution in [0.25, 0.3) is 0 Å². The summed E-state index contributed by atoms with van der Waals surface area (Å²) in [4.78, 5) is 11.3. The first-order valence-electron chi connectivity index (χ1n) is 8.49. The Labute approximate surface area is 166 Å². The Kier molecular flexibility index (Phi) is 7.54. The monoisotopic (exact) mass is 409 g/mol. The van der Waals surface area contributed by atoms with Crippen molar-refractivity contribution in [2.75, 3.05) is 11.2 Å². The highest BCUT2D eigenvalue weighted by Gasteiger charge is 2.16. The molecule has 2 aromatic rings. The first kappa shape index (κ1) is 23.4. The molecule has 28 heavy (non-hydrogen) atoms. The highest BCUT2D eigenvalue weighted by molar-refractivity contribution is 7.85. The molecule has 8 nitrogen and oxygen atoms in total. The standard InChI is InChI=1S/C10H15N3O2.C9H12O3S/c1-10(2,3)15-9(14)12-8-4-6-13(11)7-5-8;1-6-4-7(2)9(8(3)5-6)13(10,11)12/h4-7H,11H2,1-3H3;4-5H,1-3H3,(H,10,11,12). The van der Waals surface area contributed by atoms with E-state index < -0.39 is 21.8 Å². The molecule has 0 saturated heterocycles. The summed E-state index contributed by atoms with van der Waals surface area (Å²) in [5, 5.41) is 2.60. The van der Waals surface area contributed by atoms with Crippen molar-refractivity contribution in [3.63, 3.8) is 0 Å². The minimum absolute atomic E-state index is 0.0851. The van der Waals surface area contributed by atoms with Gasteiger partial charge in [0.15, 0.2) is 0 Å². The lowest BCUT2D eigenvalue weighted by Gasteiger charge is -2.19. The van der Waals surface area contributed by atoms with Crippen molar-refractivity contribution >= 4 is 21.9 Å². The molecule has 1 aromatic heterocycles. The molecular weight excluding hydrogens is 382 g/mol. The molecule has 0 bridgehead atoms. The SMILES string of the molecule is CC(C)(C)OC(=O)Nc1cc[n+](N)cc1.Cc1cc(C)c(S(=O)(=O)[O-])c(C)c1. The molecule has 1 heterocycles. The van der Waals surface area contributed by atoms with Crippen LogP contribution in [0.15, 0.2) is 41.6 Å². The van der Waals surface area contributed by atoms with Gasteiger partial charge in [0.25, 0.3) is 0 Å². The molecule has 0 fully saturated rings. The lowest BCUT2D eigenvalue weighted by atomic mass is 10.1. The Morgan fingerprint density at radius 3 is 1.96 bits per heavy atom. The van der Waals surface area contributed by atoms with Crippen molar-refractivity contribution in [2.45, 2.75) is 52.0 Å². The number of nitrogens with two attached hydrogens (primary N) is 1. The van der Waals surface area contributed by atoms with Crippen LogP contribution in [-0.4, -0.2) is 24.7 Å². The van der Waals surface area contributed by atoms with E-state index in [9.17, 15) is 17.8 Å². The first-order valence-corrected chi connectivity index (χ1v) is 9.90. The number of nitrogens with zero attached hydrogens (tertiary/aromatic N) is 1. The summed E-state index contributed by atoms with van der Waals surface area (Å²) in [5.74, 6) is 5.43. The van der Waals surface area contributed by atoms with Crippen molar-refractivity contribution < 1.29 is 27.2 Å². The first-order chi connectivity index (χ1) is 12.7. The molecule has 2 rings (SSSR count). The molecule has 0 radical (unpaired) electrons. The molecule has 0 aliphatic rings. The van der Waals surface area contributed by atoms with Crippen LogP contribution in [0.2, 0.25) is 0 Å². The molecule has 0 unspecified atom stereocenters. The molecule has 1 aromatic carbocycles. The number of carbonyl (C=O) groups excluding carboxylic acids is 1. The fourth-order valence-corrected chi connectivity index (χ4v) is 3.41. The third-order valence-corrected chi connectivity index (χ3v) is 4.50. The van der Waals surface area contributed by atoms with Gasteiger partial charge in [0.2, 0.25) is 12.4 Å². The lowest BCUT2D eigenvalue weighted by molar-refractivity contribution is -0.638. The summed E-state index contributed by atoms with van der Waals surface area (Å²) in [6.45, 7) is 10.6. The van der Waals surface area contributed by atoms with Gasteiger partial charge in [0, 0.05) is 12.1 Å². The molecule has 154 valence electrons. The zero-order valence-corrected chi connectivity index (χ0v) is 17.8. The fourth-order valence-electron chi connectivity index (χ4n) is 2.50. The van der Waals surface area contributed by atoms with E-state index in [0.717, 1.165) is 5.56 Å². The molecule has 0 aliphatic heterocycles. The number of carbonyl (C=O) groups is 1. The van der Waals surface area contributed by atoms with Crippen LogP contribution < -0.4 is 15.8 Å². The van der Waals surface area contributed by atoms with Crippen molar-refractivity contribution in [2.24, 2.45) is 0 Å². The number of aromatic nitrogens is 1. The molecule has 0 saturated carbocycles. The normalized spacial score (nSPS) is 11.2. The van der Waals surface area contributed by atoms with Gasteiger partial charge in [-0.05, 0) is 52.7 Å². The number of nitrogens with one attached hydrogen (secondary N) is 1. The second-order valence-electron chi connectivity index (χ2n) is 7.34. The van der Waals surface area contributed by atoms with Crippen LogP contribution in [0.1, 0.15) is 37.5 Å². The van der Waals surface area contributed by atoms with E-state index in [2.05, 4.69) is 5.32 Å². The van der Waals surface area contributed by atoms with Gasteiger partial charge in [-0.3, -0.25) is 5.32 Å². The van der Waals surface area contributed by atoms with Gasteiger partial charge >= 0.3 is 6.09 Å². The number of anilines is 1. The van der Waals surface area contributed by atoms with Crippen LogP contribution in [0, 0.1) is 20.8 Å². The number of benzene rings is 1. The minimum atomic E-state index is -4.33. The summed E-state index contributed by atoms with van der Waals surface area (Å²) < 4.78 is 39.0. The Morgan fingerprint density at radius 2 is 1.57 bits per heavy atom. The maximum absolute atomic E-state index is 11.3. The van der Waals surface area contributed by atoms with E-state index in [1.807, 2.05) is 27.7 Å². The zero-order valence-electron chi connectivity index (χ0n) is 16.9. The number of hydrogen-bond donors (Lipinski definition) is 2. The maximum Gasteiger partial charge on any atom is 0.412 e. The quantitative estimate of drug-likeness (QED) is 0.446. The Hall–Kier alpha value is -2.65. The van der Waals surface area contributed by atoms with Crippen LogP contribution >= 0.6 is 0 Å². The van der Waals surface area contributed by atoms with Gasteiger partial charge in [-0.1, -0.05) is 22.4 Å². The van der Waals surface area contributed by atoms with Crippen molar-refractivity contribution in [1.82, 2.24) is 0 Å². The average molecular weight is 410 g/mol. The Bertz CT molecular complexity index is 910. The van der Waals surface area contributed by atoms with Gasteiger partial charge in [-0.15, -0.1) is 0 Å². The highest BCUT2D eigenvalue weighted by atomic mass is 32.2. The smallest absolute Gasteiger partial charge is 0.412 e. The Morgan fingerprint density at radius 1 is 1.11 bits per heavy atom. The third-order valence-electron chi connectivity index (χ3n) is 3.35. The number of nitrogen functional groups attached to an aromatic ring is 1. The van der Waals surface area contributed by atoms with E-state index in [0.29, 0.717) is 16.8 Å². The summed E-state index contributed by atoms with van der Waals surface area (Å²) >= 11 is 0. The predicted molar refractivity (Wildman–Crippen MR) is 105 cm³/mol. The summed E-state index contributed by atoms with van der Waals surface area (Å²) in [6, 6.07) is 6.75. The van der Waals surface area contributed by atoms with E-state index in [4.69, 9.17) is 10.6 Å². The lowest BCUT2D eigenvalue weighted by Crippen LogP contribution is -2.43. The second kappa shape index (κ2) is 9.03. The van der Waals surface area contributed by atoms with E-state index in [1.165, 1.54) is 4.68 Å². The van der Waals surface area contributed by atoms with Crippen LogP contribution in [0.4, 0.5) is 10.5 Å². The van der Waals surface area contributed by atoms with E-state index in [-0.39, 0.29) is 4.90 Å². The van der Waals surface area contributed by atoms with Gasteiger partial charge in [0.05, 0.1) is 10.6 Å². The van der Waals surface area contributed by atoms with Crippen LogP contribution in [0.5, 0.6) is 0 Å². The van der Waals surface area contributed by atoms with Crippen molar-refractivity contribution in [3.05, 3.63) is 53.3 Å². The third kappa shape index (κ3) is 7.93. The molecule has 3 N–H and O–H groups in total. The van der Waals surface area contributed by atoms with E-state index >= 15 is 0 Å². The summed E-state index contributed by atoms with van der Waals surface area (Å²) in [6.07, 6.45) is 2.79. The number of aryl methyl sites for hydroxylation is 3. The molecule has 0 aliphatic carbocycles. The number of rotatable bonds is 2. The molecule has 9 heteroatoms. The minimum Gasteiger partial charge on any atom is -0.744 e. The van der Waals surface area contributed by atoms with Gasteiger partial charge in [-0.2, -0.15) is 0 Å². The average Bonchev–Trinajstić information content (AvgIpc) is 2.45. The van der Waals surface area contributed by atoms with Gasteiger partial charge in [-0.25, -0.2) is 19.1 Å². The topological polar surface area (TPSA) is 125 Å². The zero-order chi connectivity index (χ0) is 21.7. The predicted octanol–water partition coefficient (Wildman–Crippen LogP) is 2.55. The number of pyridine rings is 1. The van der Waals surface area contributed by atoms with Crippen LogP contribution in [0.3, 0.4) is 0 Å². The molecular formula is C19H27N3O5S. The summed E-state index contributed by atoms with van der Waals surface area (Å²) in [5.41, 5.74) is 2.15. The number of amides is 1. The molecule has 0 spiro atoms. The van der Waals surface area contributed by atoms with Gasteiger partial charge < -0.3 is 9.29 Å². The molecule has 0 atom stereocenters. The summed E-state index contributed by atoms with van der Waals surface area (Å²) in [7, 11) is -4.33. The second-order valence-corrected chi connectivity index (χ2v) is 8.66. The number of ether oxygens (including phenoxy) is 1. The maximum atomic E-state index is 11.3. The van der Waals surface area contributed by atoms with E-state index in [1.54, 1.807) is 50.5 Å². The van der Waals surface area contributed by atoms with Gasteiger partial charge in [0.1, 0.15) is 15.7 Å². The number of hydrogen-bond acceptors (Lipinski definition) is 6. The van der Waals surface area contributed by atoms with Crippen molar-refractivity contribution in [1.29, 1.82) is 0 Å². The molecule has 1 amide bonds. The largest absolute Gasteiger partial charge is 0.744 e. The Balaban J connectivity index is 0.000000283. The van der Waals surface area contributed by atoms with Crippen LogP contribution in [-0.2, 0) is 14.9 Å².